The van der Waals surface area contributed by atoms with Crippen LogP contribution in [0.4, 0.5) is 14.5 Å². The van der Waals surface area contributed by atoms with E-state index in [2.05, 4.69) is 20.1 Å². The van der Waals surface area contributed by atoms with Gasteiger partial charge in [-0.1, -0.05) is 25.1 Å². The number of hydrogen-bond donors (Lipinski definition) is 1. The predicted octanol–water partition coefficient (Wildman–Crippen LogP) is 5.11. The molecule has 37 heavy (non-hydrogen) atoms. The standard InChI is InChI=1S/C27H26F2N4O4/c1-3-18-15-24(34)33(32-25(18)19-9-12-22(37-27(28)29)23(14-19)36-2)16-17-7-10-20(11-8-17)31-26(35)21-6-4-5-13-30-21/h4-14,18,27H,3,15-16H2,1-2H3,(H,31,35). The van der Waals surface area contributed by atoms with E-state index in [9.17, 15) is 18.4 Å². The van der Waals surface area contributed by atoms with Crippen LogP contribution in [0.1, 0.15) is 41.4 Å². The van der Waals surface area contributed by atoms with Crippen molar-refractivity contribution >= 4 is 23.2 Å². The Morgan fingerprint density at radius 3 is 2.57 bits per heavy atom. The van der Waals surface area contributed by atoms with Crippen molar-refractivity contribution < 1.29 is 27.8 Å². The van der Waals surface area contributed by atoms with Gasteiger partial charge in [-0.05, 0) is 54.4 Å². The van der Waals surface area contributed by atoms with Crippen molar-refractivity contribution in [1.29, 1.82) is 0 Å². The molecule has 1 aliphatic heterocycles. The molecule has 2 aromatic carbocycles. The van der Waals surface area contributed by atoms with Crippen LogP contribution in [0.15, 0.2) is 72.0 Å². The highest BCUT2D eigenvalue weighted by atomic mass is 19.3. The van der Waals surface area contributed by atoms with Crippen LogP contribution in [0.3, 0.4) is 0 Å². The number of pyridine rings is 1. The fourth-order valence-electron chi connectivity index (χ4n) is 4.01. The number of methoxy groups -OCH3 is 1. The van der Waals surface area contributed by atoms with Gasteiger partial charge in [-0.3, -0.25) is 14.6 Å². The van der Waals surface area contributed by atoms with Crippen LogP contribution < -0.4 is 14.8 Å². The third-order valence-electron chi connectivity index (χ3n) is 5.93. The molecule has 1 N–H and O–H groups in total. The van der Waals surface area contributed by atoms with Crippen molar-refractivity contribution in [2.24, 2.45) is 11.0 Å². The summed E-state index contributed by atoms with van der Waals surface area (Å²) in [4.78, 5) is 29.2. The van der Waals surface area contributed by atoms with Crippen LogP contribution in [-0.4, -0.2) is 41.2 Å². The molecule has 0 fully saturated rings. The first-order chi connectivity index (χ1) is 17.9. The SMILES string of the molecule is CCC1CC(=O)N(Cc2ccc(NC(=O)c3ccccn3)cc2)N=C1c1ccc(OC(F)F)c(OC)c1. The highest BCUT2D eigenvalue weighted by Gasteiger charge is 2.30. The second kappa shape index (κ2) is 11.6. The number of benzene rings is 2. The summed E-state index contributed by atoms with van der Waals surface area (Å²) in [6.45, 7) is -0.776. The van der Waals surface area contributed by atoms with E-state index in [1.165, 1.54) is 18.2 Å². The number of alkyl halides is 2. The second-order valence-corrected chi connectivity index (χ2v) is 8.36. The number of ether oxygens (including phenoxy) is 2. The zero-order chi connectivity index (χ0) is 26.4. The molecule has 1 unspecified atom stereocenters. The Balaban J connectivity index is 1.52. The van der Waals surface area contributed by atoms with Gasteiger partial charge in [-0.25, -0.2) is 5.01 Å². The lowest BCUT2D eigenvalue weighted by Crippen LogP contribution is -2.36. The van der Waals surface area contributed by atoms with Crippen LogP contribution in [0.5, 0.6) is 11.5 Å². The Kier molecular flexibility index (Phi) is 8.07. The quantitative estimate of drug-likeness (QED) is 0.434. The molecule has 8 nitrogen and oxygen atoms in total. The lowest BCUT2D eigenvalue weighted by molar-refractivity contribution is -0.133. The number of nitrogens with zero attached hydrogens (tertiary/aromatic N) is 3. The van der Waals surface area contributed by atoms with Gasteiger partial charge >= 0.3 is 6.61 Å². The third kappa shape index (κ3) is 6.27. The Bertz CT molecular complexity index is 1280. The molecule has 10 heteroatoms. The number of halogens is 2. The first kappa shape index (κ1) is 25.7. The predicted molar refractivity (Wildman–Crippen MR) is 134 cm³/mol. The number of hydrazone groups is 1. The summed E-state index contributed by atoms with van der Waals surface area (Å²) in [6.07, 6.45) is 2.50. The van der Waals surface area contributed by atoms with Gasteiger partial charge in [-0.15, -0.1) is 0 Å². The van der Waals surface area contributed by atoms with E-state index >= 15 is 0 Å². The molecule has 192 valence electrons. The minimum absolute atomic E-state index is 0.0751. The maximum Gasteiger partial charge on any atom is 0.387 e. The Morgan fingerprint density at radius 2 is 1.92 bits per heavy atom. The van der Waals surface area contributed by atoms with Gasteiger partial charge in [0.2, 0.25) is 5.91 Å². The second-order valence-electron chi connectivity index (χ2n) is 8.36. The van der Waals surface area contributed by atoms with Crippen molar-refractivity contribution in [3.05, 3.63) is 83.7 Å². The maximum atomic E-state index is 12.8. The van der Waals surface area contributed by atoms with Crippen LogP contribution in [-0.2, 0) is 11.3 Å². The average molecular weight is 509 g/mol. The lowest BCUT2D eigenvalue weighted by atomic mass is 9.89. The smallest absolute Gasteiger partial charge is 0.387 e. The zero-order valence-electron chi connectivity index (χ0n) is 20.4. The van der Waals surface area contributed by atoms with Gasteiger partial charge in [0.1, 0.15) is 5.69 Å². The summed E-state index contributed by atoms with van der Waals surface area (Å²) in [7, 11) is 1.37. The van der Waals surface area contributed by atoms with E-state index in [-0.39, 0.29) is 42.2 Å². The van der Waals surface area contributed by atoms with Gasteiger partial charge in [0.05, 0.1) is 19.4 Å². The largest absolute Gasteiger partial charge is 0.493 e. The van der Waals surface area contributed by atoms with E-state index in [1.807, 2.05) is 19.1 Å². The maximum absolute atomic E-state index is 12.8. The molecule has 1 aromatic heterocycles. The van der Waals surface area contributed by atoms with Gasteiger partial charge in [-0.2, -0.15) is 13.9 Å². The number of nitrogens with one attached hydrogen (secondary N) is 1. The van der Waals surface area contributed by atoms with Crippen molar-refractivity contribution in [1.82, 2.24) is 9.99 Å². The fraction of sp³-hybridized carbons (Fsp3) is 0.259. The molecule has 0 saturated carbocycles. The molecule has 0 aliphatic carbocycles. The number of anilines is 1. The Morgan fingerprint density at radius 1 is 1.14 bits per heavy atom. The summed E-state index contributed by atoms with van der Waals surface area (Å²) in [5, 5.41) is 8.83. The van der Waals surface area contributed by atoms with E-state index < -0.39 is 6.61 Å². The van der Waals surface area contributed by atoms with Crippen LogP contribution in [0.25, 0.3) is 0 Å². The summed E-state index contributed by atoms with van der Waals surface area (Å²) in [5.41, 5.74) is 3.06. The first-order valence-electron chi connectivity index (χ1n) is 11.7. The molecular formula is C27H26F2N4O4. The molecular weight excluding hydrogens is 482 g/mol. The summed E-state index contributed by atoms with van der Waals surface area (Å²) >= 11 is 0. The number of amides is 2. The Hall–Kier alpha value is -4.34. The van der Waals surface area contributed by atoms with Crippen LogP contribution >= 0.6 is 0 Å². The minimum atomic E-state index is -2.97. The van der Waals surface area contributed by atoms with E-state index in [0.29, 0.717) is 29.1 Å². The highest BCUT2D eigenvalue weighted by molar-refractivity contribution is 6.06. The third-order valence-corrected chi connectivity index (χ3v) is 5.93. The molecule has 0 radical (unpaired) electrons. The lowest BCUT2D eigenvalue weighted by Gasteiger charge is -2.29. The number of carbonyl (C=O) groups is 2. The van der Waals surface area contributed by atoms with E-state index in [4.69, 9.17) is 4.74 Å². The zero-order valence-corrected chi connectivity index (χ0v) is 20.4. The molecule has 1 aliphatic rings. The number of carbonyl (C=O) groups excluding carboxylic acids is 2. The van der Waals surface area contributed by atoms with Gasteiger partial charge in [0, 0.05) is 29.8 Å². The average Bonchev–Trinajstić information content (AvgIpc) is 2.91. The highest BCUT2D eigenvalue weighted by Crippen LogP contribution is 2.33. The molecule has 2 heterocycles. The minimum Gasteiger partial charge on any atom is -0.493 e. The molecule has 0 spiro atoms. The molecule has 3 aromatic rings. The normalized spacial score (nSPS) is 15.4. The number of hydrogen-bond acceptors (Lipinski definition) is 6. The van der Waals surface area contributed by atoms with E-state index in [0.717, 1.165) is 5.56 Å². The van der Waals surface area contributed by atoms with Gasteiger partial charge < -0.3 is 14.8 Å². The van der Waals surface area contributed by atoms with Crippen LogP contribution in [0.2, 0.25) is 0 Å². The first-order valence-corrected chi connectivity index (χ1v) is 11.7. The summed E-state index contributed by atoms with van der Waals surface area (Å²) in [5.74, 6) is -0.483. The summed E-state index contributed by atoms with van der Waals surface area (Å²) in [6, 6.07) is 16.8. The molecule has 4 rings (SSSR count). The van der Waals surface area contributed by atoms with Crippen molar-refractivity contribution in [3.8, 4) is 11.5 Å². The number of rotatable bonds is 9. The van der Waals surface area contributed by atoms with Crippen molar-refractivity contribution in [3.63, 3.8) is 0 Å². The monoisotopic (exact) mass is 508 g/mol. The van der Waals surface area contributed by atoms with Crippen LogP contribution in [0, 0.1) is 5.92 Å². The fourth-order valence-corrected chi connectivity index (χ4v) is 4.01. The summed E-state index contributed by atoms with van der Waals surface area (Å²) < 4.78 is 35.2. The topological polar surface area (TPSA) is 93.1 Å². The van der Waals surface area contributed by atoms with Gasteiger partial charge in [0.15, 0.2) is 11.5 Å². The van der Waals surface area contributed by atoms with Crippen molar-refractivity contribution in [2.75, 3.05) is 12.4 Å². The van der Waals surface area contributed by atoms with Gasteiger partial charge in [0.25, 0.3) is 5.91 Å². The Labute approximate surface area is 212 Å². The molecule has 0 saturated heterocycles. The van der Waals surface area contributed by atoms with E-state index in [1.54, 1.807) is 48.7 Å². The molecule has 1 atom stereocenters. The molecule has 2 amide bonds. The molecule has 0 bridgehead atoms. The van der Waals surface area contributed by atoms with Crippen molar-refractivity contribution in [2.45, 2.75) is 32.9 Å². The number of aromatic nitrogens is 1.